The maximum atomic E-state index is 13.2. The van der Waals surface area contributed by atoms with Crippen molar-refractivity contribution in [3.8, 4) is 17.2 Å². The number of methoxy groups -OCH3 is 1. The van der Waals surface area contributed by atoms with Crippen molar-refractivity contribution >= 4 is 22.6 Å². The van der Waals surface area contributed by atoms with E-state index < -0.39 is 28.6 Å². The van der Waals surface area contributed by atoms with Crippen LogP contribution in [0.4, 0.5) is 10.1 Å². The van der Waals surface area contributed by atoms with E-state index in [0.29, 0.717) is 17.1 Å². The number of amides is 1. The van der Waals surface area contributed by atoms with Gasteiger partial charge in [-0.2, -0.15) is 5.10 Å². The second-order valence-electron chi connectivity index (χ2n) is 6.16. The molecule has 3 N–H and O–H groups in total. The second-order valence-corrected chi connectivity index (χ2v) is 6.16. The van der Waals surface area contributed by atoms with Crippen LogP contribution in [0.25, 0.3) is 16.7 Å². The molecule has 0 saturated carbocycles. The molecule has 0 saturated heterocycles. The number of anilines is 1. The lowest BCUT2D eigenvalue weighted by molar-refractivity contribution is 0.102. The van der Waals surface area contributed by atoms with Gasteiger partial charge in [0.25, 0.3) is 11.5 Å². The number of pyridine rings is 1. The van der Waals surface area contributed by atoms with Crippen LogP contribution in [0.2, 0.25) is 0 Å². The molecule has 4 aromatic rings. The molecule has 2 heterocycles. The highest BCUT2D eigenvalue weighted by atomic mass is 19.1. The number of halogens is 1. The number of carbonyl (C=O) groups is 1. The third-order valence-electron chi connectivity index (χ3n) is 4.35. The number of aromatic amines is 1. The normalized spacial score (nSPS) is 10.8. The van der Waals surface area contributed by atoms with Crippen LogP contribution < -0.4 is 15.6 Å². The van der Waals surface area contributed by atoms with Gasteiger partial charge in [0.2, 0.25) is 0 Å². The number of rotatable bonds is 4. The molecular formula is C20H15FN4O4. The Kier molecular flexibility index (Phi) is 4.47. The Morgan fingerprint density at radius 1 is 1.24 bits per heavy atom. The van der Waals surface area contributed by atoms with Crippen LogP contribution in [0.3, 0.4) is 0 Å². The molecule has 0 fully saturated rings. The summed E-state index contributed by atoms with van der Waals surface area (Å²) in [5, 5.41) is 17.4. The first-order chi connectivity index (χ1) is 14.0. The van der Waals surface area contributed by atoms with Gasteiger partial charge in [0.05, 0.1) is 24.4 Å². The summed E-state index contributed by atoms with van der Waals surface area (Å²) in [6, 6.07) is 12.0. The highest BCUT2D eigenvalue weighted by Gasteiger charge is 2.22. The van der Waals surface area contributed by atoms with E-state index in [1.807, 2.05) is 0 Å². The number of H-pyrrole nitrogens is 1. The predicted octanol–water partition coefficient (Wildman–Crippen LogP) is 2.82. The molecule has 0 spiro atoms. The summed E-state index contributed by atoms with van der Waals surface area (Å²) in [5.74, 6) is -1.18. The Bertz CT molecular complexity index is 1280. The number of hydrogen-bond acceptors (Lipinski definition) is 5. The summed E-state index contributed by atoms with van der Waals surface area (Å²) >= 11 is 0. The molecule has 4 rings (SSSR count). The average Bonchev–Trinajstić information content (AvgIpc) is 3.12. The zero-order chi connectivity index (χ0) is 20.5. The van der Waals surface area contributed by atoms with E-state index in [4.69, 9.17) is 4.74 Å². The Morgan fingerprint density at radius 2 is 2.00 bits per heavy atom. The molecule has 8 nitrogen and oxygen atoms in total. The molecule has 29 heavy (non-hydrogen) atoms. The quantitative estimate of drug-likeness (QED) is 0.493. The van der Waals surface area contributed by atoms with E-state index in [9.17, 15) is 19.1 Å². The van der Waals surface area contributed by atoms with Crippen LogP contribution in [0, 0.1) is 5.82 Å². The van der Waals surface area contributed by atoms with Crippen LogP contribution in [0.1, 0.15) is 10.4 Å². The molecule has 0 radical (unpaired) electrons. The fourth-order valence-corrected chi connectivity index (χ4v) is 2.94. The fraction of sp³-hybridized carbons (Fsp3) is 0.0500. The minimum Gasteiger partial charge on any atom is -0.506 e. The Labute approximate surface area is 163 Å². The van der Waals surface area contributed by atoms with Crippen LogP contribution in [0.15, 0.2) is 59.5 Å². The molecule has 0 aliphatic carbocycles. The first-order valence-electron chi connectivity index (χ1n) is 8.52. The summed E-state index contributed by atoms with van der Waals surface area (Å²) < 4.78 is 19.6. The van der Waals surface area contributed by atoms with Gasteiger partial charge in [-0.05, 0) is 36.4 Å². The van der Waals surface area contributed by atoms with Crippen LogP contribution >= 0.6 is 0 Å². The number of ether oxygens (including phenoxy) is 1. The third-order valence-corrected chi connectivity index (χ3v) is 4.35. The number of aromatic hydroxyl groups is 1. The van der Waals surface area contributed by atoms with Gasteiger partial charge in [-0.15, -0.1) is 0 Å². The van der Waals surface area contributed by atoms with Gasteiger partial charge in [0, 0.05) is 11.8 Å². The summed E-state index contributed by atoms with van der Waals surface area (Å²) in [7, 11) is 1.49. The predicted molar refractivity (Wildman–Crippen MR) is 104 cm³/mol. The van der Waals surface area contributed by atoms with Crippen molar-refractivity contribution in [2.45, 2.75) is 0 Å². The molecule has 2 aromatic heterocycles. The Hall–Kier alpha value is -4.14. The minimum absolute atomic E-state index is 0.171. The molecule has 2 aromatic carbocycles. The SMILES string of the molecule is COc1cccc(NC(=O)c2c(O)c3cnn(-c4ccc(F)cc4)c3[nH]c2=O)c1. The summed E-state index contributed by atoms with van der Waals surface area (Å²) in [4.78, 5) is 27.7. The number of nitrogens with zero attached hydrogens (tertiary/aromatic N) is 2. The third kappa shape index (κ3) is 3.29. The van der Waals surface area contributed by atoms with Crippen LogP contribution in [-0.4, -0.2) is 32.9 Å². The molecule has 0 bridgehead atoms. The van der Waals surface area contributed by atoms with Gasteiger partial charge in [0.1, 0.15) is 28.5 Å². The first kappa shape index (κ1) is 18.2. The largest absolute Gasteiger partial charge is 0.506 e. The van der Waals surface area contributed by atoms with Crippen LogP contribution in [-0.2, 0) is 0 Å². The van der Waals surface area contributed by atoms with E-state index in [1.165, 1.54) is 42.3 Å². The zero-order valence-corrected chi connectivity index (χ0v) is 15.1. The lowest BCUT2D eigenvalue weighted by Gasteiger charge is -2.09. The smallest absolute Gasteiger partial charge is 0.266 e. The van der Waals surface area contributed by atoms with Crippen molar-refractivity contribution < 1.29 is 19.0 Å². The summed E-state index contributed by atoms with van der Waals surface area (Å²) in [5.41, 5.74) is -0.185. The van der Waals surface area contributed by atoms with Gasteiger partial charge < -0.3 is 20.1 Å². The van der Waals surface area contributed by atoms with E-state index in [1.54, 1.807) is 24.3 Å². The second kappa shape index (κ2) is 7.12. The van der Waals surface area contributed by atoms with Gasteiger partial charge in [-0.25, -0.2) is 9.07 Å². The topological polar surface area (TPSA) is 109 Å². The zero-order valence-electron chi connectivity index (χ0n) is 15.1. The molecule has 0 atom stereocenters. The van der Waals surface area contributed by atoms with Crippen LogP contribution in [0.5, 0.6) is 11.5 Å². The van der Waals surface area contributed by atoms with Crippen molar-refractivity contribution in [3.63, 3.8) is 0 Å². The fourth-order valence-electron chi connectivity index (χ4n) is 2.94. The standard InChI is InChI=1S/C20H15FN4O4/c1-29-14-4-2-3-12(9-14)23-19(27)16-17(26)15-10-22-25(18(15)24-20(16)28)13-7-5-11(21)6-8-13/h2-10H,1H3,(H,23,27)(H2,24,26,28). The van der Waals surface area contributed by atoms with Crippen molar-refractivity contribution in [1.82, 2.24) is 14.8 Å². The molecule has 0 unspecified atom stereocenters. The van der Waals surface area contributed by atoms with E-state index >= 15 is 0 Å². The Balaban J connectivity index is 1.75. The number of aromatic nitrogens is 3. The van der Waals surface area contributed by atoms with Gasteiger partial charge in [0.15, 0.2) is 0 Å². The number of fused-ring (bicyclic) bond motifs is 1. The summed E-state index contributed by atoms with van der Waals surface area (Å²) in [6.07, 6.45) is 1.31. The molecule has 9 heteroatoms. The number of carbonyl (C=O) groups excluding carboxylic acids is 1. The van der Waals surface area contributed by atoms with Crippen molar-refractivity contribution in [2.24, 2.45) is 0 Å². The molecule has 146 valence electrons. The maximum Gasteiger partial charge on any atom is 0.266 e. The van der Waals surface area contributed by atoms with Gasteiger partial charge in [-0.1, -0.05) is 6.07 Å². The molecule has 0 aliphatic rings. The van der Waals surface area contributed by atoms with E-state index in [0.717, 1.165) is 0 Å². The number of nitrogens with one attached hydrogen (secondary N) is 2. The average molecular weight is 394 g/mol. The number of benzene rings is 2. The highest BCUT2D eigenvalue weighted by molar-refractivity contribution is 6.08. The van der Waals surface area contributed by atoms with Gasteiger partial charge in [-0.3, -0.25) is 9.59 Å². The van der Waals surface area contributed by atoms with Crippen molar-refractivity contribution in [2.75, 3.05) is 12.4 Å². The minimum atomic E-state index is -0.792. The molecule has 1 amide bonds. The summed E-state index contributed by atoms with van der Waals surface area (Å²) in [6.45, 7) is 0. The van der Waals surface area contributed by atoms with Gasteiger partial charge >= 0.3 is 0 Å². The Morgan fingerprint density at radius 3 is 2.72 bits per heavy atom. The van der Waals surface area contributed by atoms with E-state index in [-0.39, 0.29) is 11.0 Å². The first-order valence-corrected chi connectivity index (χ1v) is 8.52. The number of hydrogen-bond donors (Lipinski definition) is 3. The lowest BCUT2D eigenvalue weighted by atomic mass is 10.2. The highest BCUT2D eigenvalue weighted by Crippen LogP contribution is 2.27. The molecule has 0 aliphatic heterocycles. The van der Waals surface area contributed by atoms with E-state index in [2.05, 4.69) is 15.4 Å². The monoisotopic (exact) mass is 394 g/mol. The van der Waals surface area contributed by atoms with Crippen molar-refractivity contribution in [1.29, 1.82) is 0 Å². The molecular weight excluding hydrogens is 379 g/mol. The lowest BCUT2D eigenvalue weighted by Crippen LogP contribution is -2.23. The maximum absolute atomic E-state index is 13.2. The van der Waals surface area contributed by atoms with Crippen molar-refractivity contribution in [3.05, 3.63) is 76.5 Å².